The normalized spacial score (nSPS) is 10.9. The molecule has 1 unspecified atom stereocenters. The van der Waals surface area contributed by atoms with Crippen LogP contribution in [0.5, 0.6) is 0 Å². The lowest BCUT2D eigenvalue weighted by Gasteiger charge is -2.21. The van der Waals surface area contributed by atoms with Gasteiger partial charge in [-0.1, -0.05) is 0 Å². The Bertz CT molecular complexity index is 993. The van der Waals surface area contributed by atoms with E-state index >= 15 is 0 Å². The van der Waals surface area contributed by atoms with E-state index in [4.69, 9.17) is 10.5 Å². The van der Waals surface area contributed by atoms with Crippen molar-refractivity contribution in [2.75, 3.05) is 11.9 Å². The van der Waals surface area contributed by atoms with Gasteiger partial charge in [0.05, 0.1) is 17.2 Å². The number of amides is 2. The Morgan fingerprint density at radius 1 is 1.10 bits per heavy atom. The average Bonchev–Trinajstić information content (AvgIpc) is 2.74. The van der Waals surface area contributed by atoms with Crippen molar-refractivity contribution < 1.29 is 14.7 Å². The highest BCUT2D eigenvalue weighted by Crippen LogP contribution is 2.25. The van der Waals surface area contributed by atoms with Crippen molar-refractivity contribution in [3.8, 4) is 12.1 Å². The maximum absolute atomic E-state index is 12.5. The first-order chi connectivity index (χ1) is 13.9. The molecule has 1 atom stereocenters. The molecule has 2 aromatic carbocycles. The molecule has 0 saturated carbocycles. The smallest absolute Gasteiger partial charge is 0.269 e. The lowest BCUT2D eigenvalue weighted by Crippen LogP contribution is -2.49. The van der Waals surface area contributed by atoms with E-state index in [2.05, 4.69) is 44.8 Å². The monoisotopic (exact) mass is 503 g/mol. The summed E-state index contributed by atoms with van der Waals surface area (Å²) in [5, 5.41) is 30.2. The van der Waals surface area contributed by atoms with E-state index in [0.717, 1.165) is 9.13 Å². The molecule has 0 fully saturated rings. The number of nitriles is 2. The van der Waals surface area contributed by atoms with Gasteiger partial charge in [-0.3, -0.25) is 20.4 Å². The number of anilines is 1. The second-order valence-electron chi connectivity index (χ2n) is 6.05. The quantitative estimate of drug-likeness (QED) is 0.351. The van der Waals surface area contributed by atoms with Crippen LogP contribution in [-0.2, 0) is 4.79 Å². The predicted molar refractivity (Wildman–Crippen MR) is 114 cm³/mol. The van der Waals surface area contributed by atoms with E-state index in [9.17, 15) is 14.7 Å². The zero-order valence-electron chi connectivity index (χ0n) is 15.5. The lowest BCUT2D eigenvalue weighted by molar-refractivity contribution is -0.122. The van der Waals surface area contributed by atoms with Crippen LogP contribution >= 0.6 is 22.6 Å². The summed E-state index contributed by atoms with van der Waals surface area (Å²) in [6.07, 6.45) is 0.120. The largest absolute Gasteiger partial charge is 0.396 e. The molecule has 8 nitrogen and oxygen atoms in total. The second-order valence-corrected chi connectivity index (χ2v) is 7.13. The second kappa shape index (κ2) is 10.4. The number of aliphatic hydroxyl groups excluding tert-OH is 1. The topological polar surface area (TPSA) is 138 Å². The molecular formula is C20H18IN5O3. The van der Waals surface area contributed by atoms with Crippen LogP contribution in [0.25, 0.3) is 0 Å². The molecule has 0 heterocycles. The maximum atomic E-state index is 12.5. The first kappa shape index (κ1) is 22.1. The van der Waals surface area contributed by atoms with Gasteiger partial charge in [-0.25, -0.2) is 0 Å². The molecule has 2 amide bonds. The Hall–Kier alpha value is -3.15. The molecule has 0 bridgehead atoms. The molecule has 2 rings (SSSR count). The molecule has 0 spiro atoms. The van der Waals surface area contributed by atoms with Gasteiger partial charge in [-0.05, 0) is 77.9 Å². The summed E-state index contributed by atoms with van der Waals surface area (Å²) in [6.45, 7) is 1.59. The van der Waals surface area contributed by atoms with Gasteiger partial charge in [0, 0.05) is 21.4 Å². The van der Waals surface area contributed by atoms with Gasteiger partial charge in [0.25, 0.3) is 11.8 Å². The van der Waals surface area contributed by atoms with E-state index < -0.39 is 17.9 Å². The maximum Gasteiger partial charge on any atom is 0.269 e. The fraction of sp³-hybridized carbons (Fsp3) is 0.200. The highest BCUT2D eigenvalue weighted by molar-refractivity contribution is 14.1. The number of carbonyl (C=O) groups excluding carboxylic acids is 2. The predicted octanol–water partition coefficient (Wildman–Crippen LogP) is 1.97. The van der Waals surface area contributed by atoms with Crippen LogP contribution in [0.4, 0.5) is 5.69 Å². The summed E-state index contributed by atoms with van der Waals surface area (Å²) < 4.78 is 0.771. The van der Waals surface area contributed by atoms with Gasteiger partial charge in [-0.15, -0.1) is 0 Å². The molecule has 2 aromatic rings. The number of hydrogen-bond acceptors (Lipinski definition) is 6. The van der Waals surface area contributed by atoms with E-state index in [-0.39, 0.29) is 18.6 Å². The van der Waals surface area contributed by atoms with Crippen LogP contribution < -0.4 is 16.2 Å². The SMILES string of the molecule is Cc1c(NC(CCO)C(=O)NNC(=O)c2ccc(C#N)cc2)ccc(C#N)c1I. The van der Waals surface area contributed by atoms with Gasteiger partial charge in [0.1, 0.15) is 12.1 Å². The third-order valence-electron chi connectivity index (χ3n) is 4.15. The minimum Gasteiger partial charge on any atom is -0.396 e. The summed E-state index contributed by atoms with van der Waals surface area (Å²) in [4.78, 5) is 24.6. The summed E-state index contributed by atoms with van der Waals surface area (Å²) in [7, 11) is 0. The Morgan fingerprint density at radius 3 is 2.38 bits per heavy atom. The van der Waals surface area contributed by atoms with Crippen LogP contribution in [0.1, 0.15) is 33.5 Å². The van der Waals surface area contributed by atoms with Gasteiger partial charge in [-0.2, -0.15) is 10.5 Å². The third kappa shape index (κ3) is 5.67. The van der Waals surface area contributed by atoms with Crippen LogP contribution in [0.3, 0.4) is 0 Å². The number of aliphatic hydroxyl groups is 1. The summed E-state index contributed by atoms with van der Waals surface area (Å²) in [5.41, 5.74) is 7.36. The van der Waals surface area contributed by atoms with Crippen LogP contribution in [0.15, 0.2) is 36.4 Å². The van der Waals surface area contributed by atoms with Gasteiger partial charge in [0.15, 0.2) is 0 Å². The molecule has 0 aromatic heterocycles. The minimum atomic E-state index is -0.802. The summed E-state index contributed by atoms with van der Waals surface area (Å²) in [5.74, 6) is -1.06. The number of rotatable bonds is 6. The molecule has 29 heavy (non-hydrogen) atoms. The Labute approximate surface area is 181 Å². The molecule has 9 heteroatoms. The number of halogens is 1. The first-order valence-corrected chi connectivity index (χ1v) is 9.66. The van der Waals surface area contributed by atoms with Crippen molar-refractivity contribution in [1.82, 2.24) is 10.9 Å². The van der Waals surface area contributed by atoms with Gasteiger partial charge < -0.3 is 10.4 Å². The number of benzene rings is 2. The Kier molecular flexibility index (Phi) is 7.95. The van der Waals surface area contributed by atoms with Crippen molar-refractivity contribution in [2.24, 2.45) is 0 Å². The van der Waals surface area contributed by atoms with E-state index in [1.54, 1.807) is 12.1 Å². The zero-order valence-corrected chi connectivity index (χ0v) is 17.6. The van der Waals surface area contributed by atoms with Crippen LogP contribution in [0, 0.1) is 33.2 Å². The highest BCUT2D eigenvalue weighted by Gasteiger charge is 2.20. The summed E-state index contributed by atoms with van der Waals surface area (Å²) in [6, 6.07) is 12.6. The van der Waals surface area contributed by atoms with Crippen molar-refractivity contribution in [3.05, 3.63) is 62.2 Å². The van der Waals surface area contributed by atoms with Crippen LogP contribution in [0.2, 0.25) is 0 Å². The van der Waals surface area contributed by atoms with Crippen LogP contribution in [-0.4, -0.2) is 29.6 Å². The fourth-order valence-electron chi connectivity index (χ4n) is 2.49. The van der Waals surface area contributed by atoms with Crippen molar-refractivity contribution in [2.45, 2.75) is 19.4 Å². The summed E-state index contributed by atoms with van der Waals surface area (Å²) >= 11 is 2.06. The molecule has 0 aliphatic rings. The minimum absolute atomic E-state index is 0.120. The molecule has 0 saturated heterocycles. The molecule has 0 radical (unpaired) electrons. The molecular weight excluding hydrogens is 485 g/mol. The van der Waals surface area contributed by atoms with Crippen molar-refractivity contribution in [3.63, 3.8) is 0 Å². The van der Waals surface area contributed by atoms with Gasteiger partial charge >= 0.3 is 0 Å². The van der Waals surface area contributed by atoms with E-state index in [0.29, 0.717) is 16.8 Å². The third-order valence-corrected chi connectivity index (χ3v) is 5.54. The number of nitrogens with one attached hydrogen (secondary N) is 3. The number of nitrogens with zero attached hydrogens (tertiary/aromatic N) is 2. The van der Waals surface area contributed by atoms with Crippen molar-refractivity contribution >= 4 is 40.1 Å². The standard InChI is InChI=1S/C20H18IN5O3/c1-12-16(7-6-15(11-23)18(12)21)24-17(8-9-27)20(29)26-25-19(28)14-4-2-13(10-22)3-5-14/h2-7,17,24,27H,8-9H2,1H3,(H,25,28)(H,26,29). The van der Waals surface area contributed by atoms with E-state index in [1.165, 1.54) is 24.3 Å². The number of carbonyl (C=O) groups is 2. The molecule has 0 aliphatic carbocycles. The Morgan fingerprint density at radius 2 is 1.79 bits per heavy atom. The van der Waals surface area contributed by atoms with Gasteiger partial charge in [0.2, 0.25) is 0 Å². The average molecular weight is 503 g/mol. The Balaban J connectivity index is 2.05. The molecule has 4 N–H and O–H groups in total. The molecule has 148 valence electrons. The van der Waals surface area contributed by atoms with Crippen molar-refractivity contribution in [1.29, 1.82) is 10.5 Å². The first-order valence-electron chi connectivity index (χ1n) is 8.58. The number of hydrogen-bond donors (Lipinski definition) is 4. The zero-order chi connectivity index (χ0) is 21.4. The lowest BCUT2D eigenvalue weighted by atomic mass is 10.1. The number of hydrazine groups is 1. The highest BCUT2D eigenvalue weighted by atomic mass is 127. The molecule has 0 aliphatic heterocycles. The fourth-order valence-corrected chi connectivity index (χ4v) is 3.08. The van der Waals surface area contributed by atoms with E-state index in [1.807, 2.05) is 13.0 Å².